The molecular formula is C36H32O13. The van der Waals surface area contributed by atoms with Gasteiger partial charge in [0, 0.05) is 29.8 Å². The van der Waals surface area contributed by atoms with Gasteiger partial charge >= 0.3 is 5.97 Å². The predicted octanol–water partition coefficient (Wildman–Crippen LogP) is 5.05. The van der Waals surface area contributed by atoms with Crippen LogP contribution in [0.3, 0.4) is 0 Å². The molecule has 1 heterocycles. The lowest BCUT2D eigenvalue weighted by Crippen LogP contribution is -2.31. The molecule has 0 saturated heterocycles. The van der Waals surface area contributed by atoms with Crippen molar-refractivity contribution in [3.63, 3.8) is 0 Å². The van der Waals surface area contributed by atoms with E-state index in [1.54, 1.807) is 12.1 Å². The van der Waals surface area contributed by atoms with Gasteiger partial charge in [-0.3, -0.25) is 4.79 Å². The summed E-state index contributed by atoms with van der Waals surface area (Å²) in [7, 11) is 4.05. The van der Waals surface area contributed by atoms with Crippen LogP contribution in [0.5, 0.6) is 46.0 Å². The van der Waals surface area contributed by atoms with Gasteiger partial charge in [-0.1, -0.05) is 18.2 Å². The largest absolute Gasteiger partial charge is 0.508 e. The Morgan fingerprint density at radius 3 is 2.12 bits per heavy atom. The number of methoxy groups -OCH3 is 3. The Hall–Kier alpha value is -6.34. The summed E-state index contributed by atoms with van der Waals surface area (Å²) in [6.07, 6.45) is -0.0705. The Morgan fingerprint density at radius 1 is 0.796 bits per heavy atom. The van der Waals surface area contributed by atoms with Crippen molar-refractivity contribution in [3.05, 3.63) is 100 Å². The molecule has 0 amide bonds. The molecule has 0 aliphatic carbocycles. The lowest BCUT2D eigenvalue weighted by molar-refractivity contribution is -0.142. The third-order valence-electron chi connectivity index (χ3n) is 7.40. The quantitative estimate of drug-likeness (QED) is 0.0874. The molecule has 0 aliphatic rings. The fourth-order valence-electron chi connectivity index (χ4n) is 4.93. The number of aliphatic hydroxyl groups excluding tert-OH is 1. The topological polar surface area (TPSA) is 195 Å². The number of hydrogen-bond acceptors (Lipinski definition) is 13. The molecule has 2 atom stereocenters. The molecule has 0 radical (unpaired) electrons. The summed E-state index contributed by atoms with van der Waals surface area (Å²) in [5.74, 6) is -1.31. The highest BCUT2D eigenvalue weighted by atomic mass is 16.6. The third kappa shape index (κ3) is 7.63. The Bertz CT molecular complexity index is 2040. The van der Waals surface area contributed by atoms with Crippen LogP contribution in [0.15, 0.2) is 88.1 Å². The first-order chi connectivity index (χ1) is 23.5. The van der Waals surface area contributed by atoms with Crippen LogP contribution in [-0.4, -0.2) is 65.5 Å². The van der Waals surface area contributed by atoms with Gasteiger partial charge in [0.25, 0.3) is 0 Å². The number of carbonyl (C=O) groups is 1. The zero-order valence-corrected chi connectivity index (χ0v) is 26.4. The number of benzene rings is 4. The van der Waals surface area contributed by atoms with Crippen LogP contribution in [0, 0.1) is 0 Å². The first-order valence-corrected chi connectivity index (χ1v) is 14.6. The van der Waals surface area contributed by atoms with E-state index >= 15 is 0 Å². The fraction of sp³-hybridized carbons (Fsp3) is 0.167. The van der Waals surface area contributed by atoms with Gasteiger partial charge < -0.3 is 53.6 Å². The van der Waals surface area contributed by atoms with E-state index in [4.69, 9.17) is 28.1 Å². The molecule has 1 aromatic heterocycles. The van der Waals surface area contributed by atoms with E-state index < -0.39 is 36.0 Å². The summed E-state index contributed by atoms with van der Waals surface area (Å²) in [6, 6.07) is 16.6. The third-order valence-corrected chi connectivity index (χ3v) is 7.40. The smallest absolute Gasteiger partial charge is 0.330 e. The van der Waals surface area contributed by atoms with Gasteiger partial charge in [-0.05, 0) is 53.6 Å². The van der Waals surface area contributed by atoms with Crippen molar-refractivity contribution in [2.45, 2.75) is 12.2 Å². The van der Waals surface area contributed by atoms with Crippen LogP contribution >= 0.6 is 0 Å². The monoisotopic (exact) mass is 672 g/mol. The van der Waals surface area contributed by atoms with Gasteiger partial charge in [-0.15, -0.1) is 0 Å². The molecule has 5 N–H and O–H groups in total. The minimum atomic E-state index is -1.45. The highest BCUT2D eigenvalue weighted by Crippen LogP contribution is 2.44. The molecule has 4 aromatic carbocycles. The molecule has 5 aromatic rings. The number of hydrogen-bond donors (Lipinski definition) is 5. The van der Waals surface area contributed by atoms with Gasteiger partial charge in [0.1, 0.15) is 46.7 Å². The van der Waals surface area contributed by atoms with Crippen LogP contribution in [0.4, 0.5) is 0 Å². The number of aliphatic hydroxyl groups is 1. The zero-order chi connectivity index (χ0) is 35.2. The minimum absolute atomic E-state index is 0.00217. The first kappa shape index (κ1) is 34.0. The van der Waals surface area contributed by atoms with E-state index in [9.17, 15) is 35.1 Å². The molecule has 0 bridgehead atoms. The number of phenolic OH excluding ortho intramolecular Hbond substituents is 4. The number of carbonyl (C=O) groups excluding carboxylic acids is 1. The second-order valence-corrected chi connectivity index (χ2v) is 10.6. The highest BCUT2D eigenvalue weighted by molar-refractivity contribution is 5.87. The van der Waals surface area contributed by atoms with Crippen LogP contribution in [0.1, 0.15) is 17.2 Å². The van der Waals surface area contributed by atoms with Crippen LogP contribution in [-0.2, 0) is 9.53 Å². The molecular weight excluding hydrogens is 640 g/mol. The van der Waals surface area contributed by atoms with Gasteiger partial charge in [-0.25, -0.2) is 4.79 Å². The fourth-order valence-corrected chi connectivity index (χ4v) is 4.93. The van der Waals surface area contributed by atoms with E-state index in [2.05, 4.69) is 0 Å². The number of ether oxygens (including phenoxy) is 5. The number of esters is 1. The number of phenols is 4. The maximum atomic E-state index is 12.9. The molecule has 0 fully saturated rings. The van der Waals surface area contributed by atoms with E-state index in [0.29, 0.717) is 11.1 Å². The highest BCUT2D eigenvalue weighted by Gasteiger charge is 2.29. The summed E-state index contributed by atoms with van der Waals surface area (Å²) in [5.41, 5.74) is 0.556. The zero-order valence-electron chi connectivity index (χ0n) is 26.4. The molecule has 254 valence electrons. The Balaban J connectivity index is 1.50. The molecule has 0 spiro atoms. The van der Waals surface area contributed by atoms with Gasteiger partial charge in [0.05, 0.1) is 21.3 Å². The summed E-state index contributed by atoms with van der Waals surface area (Å²) in [5, 5.41) is 51.0. The molecule has 49 heavy (non-hydrogen) atoms. The van der Waals surface area contributed by atoms with Crippen molar-refractivity contribution >= 4 is 23.0 Å². The van der Waals surface area contributed by atoms with Crippen molar-refractivity contribution in [3.8, 4) is 57.3 Å². The van der Waals surface area contributed by atoms with Crippen molar-refractivity contribution in [1.82, 2.24) is 0 Å². The summed E-state index contributed by atoms with van der Waals surface area (Å²) >= 11 is 0. The average Bonchev–Trinajstić information content (AvgIpc) is 3.08. The lowest BCUT2D eigenvalue weighted by atomic mass is 10.0. The molecule has 0 aliphatic heterocycles. The molecule has 13 nitrogen and oxygen atoms in total. The van der Waals surface area contributed by atoms with Crippen molar-refractivity contribution < 1.29 is 58.4 Å². The SMILES string of the molecule is COc1cc([C@H](O)[C@@H](COC(=O)/C=C/c2ccc(O)cc2)Oc2c(OC)cc(-c3cc(=O)c4c(O)cc(O)cc4o3)cc2OC)ccc1O. The Kier molecular flexibility index (Phi) is 10.1. The standard InChI is InChI=1S/C36H32O13/c1-44-28-12-20(7-10-24(28)39)35(43)32(18-47-33(42)11-6-19-4-8-22(37)9-5-19)49-36-30(45-2)13-21(14-31(36)46-3)27-17-26(41)34-25(40)15-23(38)16-29(34)48-27/h4-17,32,35,37-40,43H,18H2,1-3H3/b11-6+/t32-,35+/m1/s1. The first-order valence-electron chi connectivity index (χ1n) is 14.6. The summed E-state index contributed by atoms with van der Waals surface area (Å²) in [4.78, 5) is 25.6. The second-order valence-electron chi connectivity index (χ2n) is 10.6. The number of aromatic hydroxyl groups is 4. The maximum absolute atomic E-state index is 12.9. The summed E-state index contributed by atoms with van der Waals surface area (Å²) < 4.78 is 33.9. The van der Waals surface area contributed by atoms with Crippen molar-refractivity contribution in [1.29, 1.82) is 0 Å². The number of rotatable bonds is 12. The molecule has 0 saturated carbocycles. The molecule has 0 unspecified atom stereocenters. The normalized spacial score (nSPS) is 12.4. The predicted molar refractivity (Wildman–Crippen MR) is 176 cm³/mol. The van der Waals surface area contributed by atoms with Gasteiger partial charge in [-0.2, -0.15) is 0 Å². The number of fused-ring (bicyclic) bond motifs is 1. The van der Waals surface area contributed by atoms with Gasteiger partial charge in [0.15, 0.2) is 34.5 Å². The lowest BCUT2D eigenvalue weighted by Gasteiger charge is -2.26. The Morgan fingerprint density at radius 2 is 1.47 bits per heavy atom. The van der Waals surface area contributed by atoms with E-state index in [1.165, 1.54) is 82.0 Å². The van der Waals surface area contributed by atoms with E-state index in [0.717, 1.165) is 12.1 Å². The molecule has 5 rings (SSSR count). The van der Waals surface area contributed by atoms with Crippen molar-refractivity contribution in [2.24, 2.45) is 0 Å². The van der Waals surface area contributed by atoms with Gasteiger partial charge in [0.2, 0.25) is 5.75 Å². The van der Waals surface area contributed by atoms with Crippen LogP contribution in [0.25, 0.3) is 28.4 Å². The van der Waals surface area contributed by atoms with E-state index in [-0.39, 0.29) is 62.5 Å². The second kappa shape index (κ2) is 14.6. The van der Waals surface area contributed by atoms with Crippen LogP contribution in [0.2, 0.25) is 0 Å². The van der Waals surface area contributed by atoms with Crippen molar-refractivity contribution in [2.75, 3.05) is 27.9 Å². The van der Waals surface area contributed by atoms with E-state index in [1.807, 2.05) is 0 Å². The Labute approximate surface area is 279 Å². The van der Waals surface area contributed by atoms with Crippen LogP contribution < -0.4 is 24.4 Å². The minimum Gasteiger partial charge on any atom is -0.508 e. The average molecular weight is 673 g/mol. The maximum Gasteiger partial charge on any atom is 0.330 e. The molecule has 13 heteroatoms. The summed E-state index contributed by atoms with van der Waals surface area (Å²) in [6.45, 7) is -0.469.